The third-order valence-corrected chi connectivity index (χ3v) is 3.92. The van der Waals surface area contributed by atoms with Gasteiger partial charge in [0.2, 0.25) is 0 Å². The molecule has 1 heterocycles. The number of ether oxygens (including phenoxy) is 1. The molecule has 6 heteroatoms. The molecule has 25 heavy (non-hydrogen) atoms. The number of carbonyl (C=O) groups is 2. The Morgan fingerprint density at radius 1 is 1.16 bits per heavy atom. The molecular formula is C19H16ClNO4. The van der Waals surface area contributed by atoms with E-state index in [1.807, 2.05) is 30.3 Å². The first kappa shape index (κ1) is 17.0. The van der Waals surface area contributed by atoms with Crippen LogP contribution in [0.5, 0.6) is 0 Å². The number of hydrogen-bond acceptors (Lipinski definition) is 4. The van der Waals surface area contributed by atoms with Gasteiger partial charge >= 0.3 is 5.97 Å². The summed E-state index contributed by atoms with van der Waals surface area (Å²) in [5.74, 6) is -0.350. The van der Waals surface area contributed by atoms with Crippen molar-refractivity contribution in [3.8, 4) is 0 Å². The van der Waals surface area contributed by atoms with Crippen LogP contribution in [0.15, 0.2) is 59.0 Å². The quantitative estimate of drug-likeness (QED) is 0.697. The number of halogens is 1. The number of carbonyl (C=O) groups excluding carboxylic acids is 2. The maximum atomic E-state index is 12.0. The molecule has 3 rings (SSSR count). The van der Waals surface area contributed by atoms with Crippen molar-refractivity contribution >= 4 is 34.4 Å². The van der Waals surface area contributed by atoms with Crippen LogP contribution >= 0.6 is 11.6 Å². The number of para-hydroxylation sites is 1. The Balaban J connectivity index is 1.54. The van der Waals surface area contributed by atoms with Gasteiger partial charge in [0, 0.05) is 10.4 Å². The van der Waals surface area contributed by atoms with Gasteiger partial charge in [-0.2, -0.15) is 0 Å². The predicted octanol–water partition coefficient (Wildman–Crippen LogP) is 4.12. The lowest BCUT2D eigenvalue weighted by atomic mass is 10.2. The first-order chi connectivity index (χ1) is 12.0. The zero-order chi connectivity index (χ0) is 17.8. The fourth-order valence-corrected chi connectivity index (χ4v) is 2.50. The molecule has 0 fully saturated rings. The second kappa shape index (κ2) is 7.40. The average molecular weight is 358 g/mol. The monoisotopic (exact) mass is 357 g/mol. The summed E-state index contributed by atoms with van der Waals surface area (Å²) in [5.41, 5.74) is 1.09. The number of rotatable bonds is 5. The minimum atomic E-state index is -0.580. The molecule has 0 unspecified atom stereocenters. The number of benzene rings is 2. The smallest absolute Gasteiger partial charge is 0.338 e. The summed E-state index contributed by atoms with van der Waals surface area (Å²) < 4.78 is 10.7. The van der Waals surface area contributed by atoms with Crippen LogP contribution in [-0.4, -0.2) is 18.5 Å². The first-order valence-corrected chi connectivity index (χ1v) is 8.11. The van der Waals surface area contributed by atoms with E-state index in [9.17, 15) is 9.59 Å². The van der Waals surface area contributed by atoms with E-state index in [1.54, 1.807) is 31.2 Å². The molecular weight excluding hydrogens is 342 g/mol. The Bertz CT molecular complexity index is 868. The van der Waals surface area contributed by atoms with Crippen LogP contribution in [-0.2, 0) is 9.53 Å². The second-order valence-electron chi connectivity index (χ2n) is 5.56. The van der Waals surface area contributed by atoms with E-state index in [0.717, 1.165) is 11.0 Å². The third kappa shape index (κ3) is 4.19. The third-order valence-electron chi connectivity index (χ3n) is 3.66. The standard InChI is InChI=1S/C19H16ClNO4/c1-12(17-10-14-4-2-3-5-16(14)25-17)21-18(22)11-24-19(23)13-6-8-15(20)9-7-13/h2-10,12H,11H2,1H3,(H,21,22)/t12-/m0/s1. The van der Waals surface area contributed by atoms with Crippen molar-refractivity contribution in [3.05, 3.63) is 70.9 Å². The van der Waals surface area contributed by atoms with E-state index in [0.29, 0.717) is 16.3 Å². The lowest BCUT2D eigenvalue weighted by Gasteiger charge is -2.11. The largest absolute Gasteiger partial charge is 0.459 e. The van der Waals surface area contributed by atoms with Gasteiger partial charge in [0.15, 0.2) is 6.61 Å². The van der Waals surface area contributed by atoms with Gasteiger partial charge in [0.25, 0.3) is 5.91 Å². The van der Waals surface area contributed by atoms with Gasteiger partial charge in [0.05, 0.1) is 11.6 Å². The molecule has 0 saturated carbocycles. The lowest BCUT2D eigenvalue weighted by molar-refractivity contribution is -0.125. The summed E-state index contributed by atoms with van der Waals surface area (Å²) in [6.07, 6.45) is 0. The molecule has 0 aliphatic carbocycles. The van der Waals surface area contributed by atoms with Crippen LogP contribution in [0.1, 0.15) is 29.1 Å². The molecule has 1 atom stereocenters. The molecule has 0 spiro atoms. The summed E-state index contributed by atoms with van der Waals surface area (Å²) in [6.45, 7) is 1.43. The summed E-state index contributed by atoms with van der Waals surface area (Å²) in [5, 5.41) is 4.23. The van der Waals surface area contributed by atoms with Gasteiger partial charge in [0.1, 0.15) is 11.3 Å². The number of furan rings is 1. The van der Waals surface area contributed by atoms with Crippen molar-refractivity contribution in [1.29, 1.82) is 0 Å². The Kier molecular flexibility index (Phi) is 5.05. The molecule has 5 nitrogen and oxygen atoms in total. The highest BCUT2D eigenvalue weighted by molar-refractivity contribution is 6.30. The number of amides is 1. The van der Waals surface area contributed by atoms with E-state index in [2.05, 4.69) is 5.32 Å². The molecule has 0 saturated heterocycles. The highest BCUT2D eigenvalue weighted by Gasteiger charge is 2.16. The Morgan fingerprint density at radius 2 is 1.88 bits per heavy atom. The Labute approximate surface area is 149 Å². The van der Waals surface area contributed by atoms with Gasteiger partial charge in [-0.05, 0) is 43.3 Å². The lowest BCUT2D eigenvalue weighted by Crippen LogP contribution is -2.30. The molecule has 1 aromatic heterocycles. The van der Waals surface area contributed by atoms with Crippen molar-refractivity contribution in [3.63, 3.8) is 0 Å². The van der Waals surface area contributed by atoms with E-state index in [1.165, 1.54) is 0 Å². The van der Waals surface area contributed by atoms with Crippen molar-refractivity contribution in [1.82, 2.24) is 5.32 Å². The summed E-state index contributed by atoms with van der Waals surface area (Å²) in [7, 11) is 0. The van der Waals surface area contributed by atoms with Crippen molar-refractivity contribution in [2.45, 2.75) is 13.0 Å². The predicted molar refractivity (Wildman–Crippen MR) is 94.5 cm³/mol. The molecule has 0 radical (unpaired) electrons. The topological polar surface area (TPSA) is 68.5 Å². The minimum absolute atomic E-state index is 0.336. The van der Waals surface area contributed by atoms with Crippen molar-refractivity contribution in [2.24, 2.45) is 0 Å². The number of nitrogens with one attached hydrogen (secondary N) is 1. The first-order valence-electron chi connectivity index (χ1n) is 7.73. The molecule has 1 N–H and O–H groups in total. The van der Waals surface area contributed by atoms with Crippen LogP contribution in [0.3, 0.4) is 0 Å². The highest BCUT2D eigenvalue weighted by atomic mass is 35.5. The normalized spacial score (nSPS) is 11.9. The summed E-state index contributed by atoms with van der Waals surface area (Å²) in [6, 6.07) is 15.4. The molecule has 2 aromatic carbocycles. The Hall–Kier alpha value is -2.79. The van der Waals surface area contributed by atoms with Crippen LogP contribution in [0.25, 0.3) is 11.0 Å². The number of hydrogen-bond donors (Lipinski definition) is 1. The fourth-order valence-electron chi connectivity index (χ4n) is 2.37. The highest BCUT2D eigenvalue weighted by Crippen LogP contribution is 2.23. The van der Waals surface area contributed by atoms with Crippen molar-refractivity contribution < 1.29 is 18.7 Å². The van der Waals surface area contributed by atoms with Crippen LogP contribution in [0, 0.1) is 0 Å². The number of fused-ring (bicyclic) bond motifs is 1. The van der Waals surface area contributed by atoms with E-state index < -0.39 is 11.9 Å². The van der Waals surface area contributed by atoms with E-state index in [-0.39, 0.29) is 12.6 Å². The molecule has 3 aromatic rings. The fraction of sp³-hybridized carbons (Fsp3) is 0.158. The second-order valence-corrected chi connectivity index (χ2v) is 6.00. The maximum absolute atomic E-state index is 12.0. The summed E-state index contributed by atoms with van der Waals surface area (Å²) in [4.78, 5) is 23.9. The molecule has 0 bridgehead atoms. The number of esters is 1. The minimum Gasteiger partial charge on any atom is -0.459 e. The average Bonchev–Trinajstić information content (AvgIpc) is 3.04. The molecule has 0 aliphatic heterocycles. The van der Waals surface area contributed by atoms with Gasteiger partial charge in [-0.3, -0.25) is 4.79 Å². The van der Waals surface area contributed by atoms with Gasteiger partial charge in [-0.25, -0.2) is 4.79 Å². The van der Waals surface area contributed by atoms with Crippen LogP contribution in [0.2, 0.25) is 5.02 Å². The van der Waals surface area contributed by atoms with Gasteiger partial charge in [-0.1, -0.05) is 29.8 Å². The summed E-state index contributed by atoms with van der Waals surface area (Å²) >= 11 is 5.76. The molecule has 1 amide bonds. The zero-order valence-electron chi connectivity index (χ0n) is 13.5. The van der Waals surface area contributed by atoms with E-state index in [4.69, 9.17) is 20.8 Å². The van der Waals surface area contributed by atoms with E-state index >= 15 is 0 Å². The van der Waals surface area contributed by atoms with Crippen LogP contribution < -0.4 is 5.32 Å². The van der Waals surface area contributed by atoms with Gasteiger partial charge in [-0.15, -0.1) is 0 Å². The molecule has 0 aliphatic rings. The SMILES string of the molecule is C[C@H](NC(=O)COC(=O)c1ccc(Cl)cc1)c1cc2ccccc2o1. The maximum Gasteiger partial charge on any atom is 0.338 e. The molecule has 128 valence electrons. The zero-order valence-corrected chi connectivity index (χ0v) is 14.2. The van der Waals surface area contributed by atoms with Crippen molar-refractivity contribution in [2.75, 3.05) is 6.61 Å². The van der Waals surface area contributed by atoms with Crippen LogP contribution in [0.4, 0.5) is 0 Å². The van der Waals surface area contributed by atoms with Gasteiger partial charge < -0.3 is 14.5 Å². The Morgan fingerprint density at radius 3 is 2.60 bits per heavy atom.